The van der Waals surface area contributed by atoms with E-state index in [1.54, 1.807) is 0 Å². The number of benzene rings is 1. The molecule has 0 radical (unpaired) electrons. The van der Waals surface area contributed by atoms with Gasteiger partial charge in [0.2, 0.25) is 0 Å². The maximum Gasteiger partial charge on any atom is 0.296 e. The van der Waals surface area contributed by atoms with Crippen molar-refractivity contribution in [2.24, 2.45) is 5.92 Å². The highest BCUT2D eigenvalue weighted by molar-refractivity contribution is 5.68. The fraction of sp³-hybridized carbons (Fsp3) is 0.500. The summed E-state index contributed by atoms with van der Waals surface area (Å²) in [5.74, 6) is 0.704. The predicted molar refractivity (Wildman–Crippen MR) is 70.9 cm³/mol. The predicted octanol–water partition coefficient (Wildman–Crippen LogP) is 1.65. The molecule has 0 aliphatic carbocycles. The molecule has 0 saturated heterocycles. The van der Waals surface area contributed by atoms with Crippen molar-refractivity contribution in [1.29, 1.82) is 0 Å². The molecule has 0 bridgehead atoms. The molecule has 2 N–H and O–H groups in total. The minimum absolute atomic E-state index is 0.00676. The first-order chi connectivity index (χ1) is 9.03. The Labute approximate surface area is 111 Å². The van der Waals surface area contributed by atoms with Gasteiger partial charge in [-0.05, 0) is 5.92 Å². The van der Waals surface area contributed by atoms with Crippen LogP contribution in [-0.2, 0) is 0 Å². The summed E-state index contributed by atoms with van der Waals surface area (Å²) in [6.45, 7) is 2.26. The van der Waals surface area contributed by atoms with Crippen LogP contribution in [0.25, 0.3) is 0 Å². The fourth-order valence-electron chi connectivity index (χ4n) is 1.51. The second-order valence-corrected chi connectivity index (χ2v) is 4.15. The van der Waals surface area contributed by atoms with Gasteiger partial charge in [0.05, 0.1) is 25.2 Å². The van der Waals surface area contributed by atoms with Crippen LogP contribution in [0.15, 0.2) is 12.1 Å². The lowest BCUT2D eigenvalue weighted by atomic mass is 10.2. The van der Waals surface area contributed by atoms with Gasteiger partial charge in [-0.2, -0.15) is 0 Å². The van der Waals surface area contributed by atoms with Gasteiger partial charge < -0.3 is 19.9 Å². The summed E-state index contributed by atoms with van der Waals surface area (Å²) in [5, 5.41) is 22.9. The Kier molecular flexibility index (Phi) is 5.37. The van der Waals surface area contributed by atoms with E-state index in [1.807, 2.05) is 6.92 Å². The molecule has 7 heteroatoms. The Morgan fingerprint density at radius 3 is 2.42 bits per heavy atom. The van der Waals surface area contributed by atoms with Gasteiger partial charge in [-0.3, -0.25) is 10.1 Å². The van der Waals surface area contributed by atoms with Crippen LogP contribution in [0.5, 0.6) is 11.5 Å². The minimum Gasteiger partial charge on any atom is -0.493 e. The molecule has 1 aromatic rings. The third-order valence-electron chi connectivity index (χ3n) is 2.65. The largest absolute Gasteiger partial charge is 0.493 e. The average molecular weight is 270 g/mol. The number of nitrogens with zero attached hydrogens (tertiary/aromatic N) is 1. The lowest BCUT2D eigenvalue weighted by Gasteiger charge is -2.14. The number of ether oxygens (including phenoxy) is 2. The Bertz CT molecular complexity index is 450. The van der Waals surface area contributed by atoms with Gasteiger partial charge in [0.25, 0.3) is 5.69 Å². The number of nitrogens with one attached hydrogen (secondary N) is 1. The summed E-state index contributed by atoms with van der Waals surface area (Å²) < 4.78 is 10.1. The number of nitro benzene ring substituents is 1. The van der Waals surface area contributed by atoms with Crippen molar-refractivity contribution >= 4 is 11.4 Å². The zero-order valence-corrected chi connectivity index (χ0v) is 11.2. The first-order valence-electron chi connectivity index (χ1n) is 5.78. The molecule has 0 aromatic heterocycles. The van der Waals surface area contributed by atoms with Gasteiger partial charge in [0.15, 0.2) is 11.5 Å². The standard InChI is InChI=1S/C12H18N2O5/c1-8(7-15)6-13-9-4-11(18-2)12(19-3)5-10(9)14(16)17/h4-5,8,13,15H,6-7H2,1-3H3. The van der Waals surface area contributed by atoms with Crippen LogP contribution in [-0.4, -0.2) is 37.4 Å². The SMILES string of the molecule is COc1cc(NCC(C)CO)c([N+](=O)[O-])cc1OC. The van der Waals surface area contributed by atoms with Crippen molar-refractivity contribution < 1.29 is 19.5 Å². The highest BCUT2D eigenvalue weighted by Crippen LogP contribution is 2.37. The van der Waals surface area contributed by atoms with Crippen molar-refractivity contribution in [3.63, 3.8) is 0 Å². The van der Waals surface area contributed by atoms with Gasteiger partial charge >= 0.3 is 0 Å². The molecule has 1 rings (SSSR count). The summed E-state index contributed by atoms with van der Waals surface area (Å²) in [4.78, 5) is 10.5. The smallest absolute Gasteiger partial charge is 0.296 e. The van der Waals surface area contributed by atoms with E-state index in [0.29, 0.717) is 23.7 Å². The summed E-state index contributed by atoms with van der Waals surface area (Å²) in [7, 11) is 2.88. The molecule has 0 saturated carbocycles. The molecule has 1 aromatic carbocycles. The van der Waals surface area contributed by atoms with Crippen molar-refractivity contribution in [2.45, 2.75) is 6.92 Å². The molecule has 7 nitrogen and oxygen atoms in total. The molecule has 19 heavy (non-hydrogen) atoms. The Balaban J connectivity index is 3.09. The van der Waals surface area contributed by atoms with Crippen LogP contribution in [0.4, 0.5) is 11.4 Å². The Morgan fingerprint density at radius 2 is 1.95 bits per heavy atom. The number of nitro groups is 1. The maximum absolute atomic E-state index is 11.0. The molecule has 0 amide bonds. The molecule has 0 fully saturated rings. The maximum atomic E-state index is 11.0. The number of aliphatic hydroxyl groups is 1. The number of hydrogen-bond donors (Lipinski definition) is 2. The van der Waals surface area contributed by atoms with Gasteiger partial charge in [0, 0.05) is 19.2 Å². The summed E-state index contributed by atoms with van der Waals surface area (Å²) >= 11 is 0. The van der Waals surface area contributed by atoms with Crippen LogP contribution < -0.4 is 14.8 Å². The van der Waals surface area contributed by atoms with Gasteiger partial charge in [-0.15, -0.1) is 0 Å². The summed E-state index contributed by atoms with van der Waals surface area (Å²) in [6, 6.07) is 2.83. The third-order valence-corrected chi connectivity index (χ3v) is 2.65. The van der Waals surface area contributed by atoms with Gasteiger partial charge in [0.1, 0.15) is 5.69 Å². The molecular formula is C12H18N2O5. The van der Waals surface area contributed by atoms with E-state index in [1.165, 1.54) is 26.4 Å². The number of hydrogen-bond acceptors (Lipinski definition) is 6. The van der Waals surface area contributed by atoms with E-state index < -0.39 is 4.92 Å². The fourth-order valence-corrected chi connectivity index (χ4v) is 1.51. The topological polar surface area (TPSA) is 93.9 Å². The van der Waals surface area contributed by atoms with Crippen LogP contribution in [0.1, 0.15) is 6.92 Å². The third kappa shape index (κ3) is 3.72. The molecule has 0 aliphatic rings. The second-order valence-electron chi connectivity index (χ2n) is 4.15. The number of anilines is 1. The summed E-state index contributed by atoms with van der Waals surface area (Å²) in [6.07, 6.45) is 0. The van der Waals surface area contributed by atoms with E-state index >= 15 is 0 Å². The number of aliphatic hydroxyl groups excluding tert-OH is 1. The average Bonchev–Trinajstić information content (AvgIpc) is 2.43. The Hall–Kier alpha value is -2.02. The normalized spacial score (nSPS) is 11.8. The second kappa shape index (κ2) is 6.79. The quantitative estimate of drug-likeness (QED) is 0.578. The van der Waals surface area contributed by atoms with Crippen molar-refractivity contribution in [2.75, 3.05) is 32.7 Å². The van der Waals surface area contributed by atoms with Crippen LogP contribution in [0.3, 0.4) is 0 Å². The molecule has 106 valence electrons. The molecule has 0 heterocycles. The van der Waals surface area contributed by atoms with Crippen LogP contribution >= 0.6 is 0 Å². The Morgan fingerprint density at radius 1 is 1.37 bits per heavy atom. The summed E-state index contributed by atoms with van der Waals surface area (Å²) in [5.41, 5.74) is 0.241. The lowest BCUT2D eigenvalue weighted by molar-refractivity contribution is -0.384. The zero-order valence-electron chi connectivity index (χ0n) is 11.2. The van der Waals surface area contributed by atoms with Gasteiger partial charge in [-0.1, -0.05) is 6.92 Å². The first kappa shape index (κ1) is 15.0. The number of methoxy groups -OCH3 is 2. The van der Waals surface area contributed by atoms with Crippen LogP contribution in [0, 0.1) is 16.0 Å². The van der Waals surface area contributed by atoms with E-state index in [9.17, 15) is 10.1 Å². The molecule has 0 spiro atoms. The van der Waals surface area contributed by atoms with E-state index in [-0.39, 0.29) is 18.2 Å². The number of rotatable bonds is 7. The zero-order chi connectivity index (χ0) is 14.4. The highest BCUT2D eigenvalue weighted by Gasteiger charge is 2.19. The van der Waals surface area contributed by atoms with Crippen molar-refractivity contribution in [1.82, 2.24) is 0 Å². The van der Waals surface area contributed by atoms with E-state index in [4.69, 9.17) is 14.6 Å². The minimum atomic E-state index is -0.492. The highest BCUT2D eigenvalue weighted by atomic mass is 16.6. The van der Waals surface area contributed by atoms with Crippen LogP contribution in [0.2, 0.25) is 0 Å². The molecule has 1 atom stereocenters. The first-order valence-corrected chi connectivity index (χ1v) is 5.78. The van der Waals surface area contributed by atoms with Gasteiger partial charge in [-0.25, -0.2) is 0 Å². The molecular weight excluding hydrogens is 252 g/mol. The van der Waals surface area contributed by atoms with E-state index in [0.717, 1.165) is 0 Å². The van der Waals surface area contributed by atoms with E-state index in [2.05, 4.69) is 5.32 Å². The van der Waals surface area contributed by atoms with Crippen molar-refractivity contribution in [3.8, 4) is 11.5 Å². The van der Waals surface area contributed by atoms with Crippen molar-refractivity contribution in [3.05, 3.63) is 22.2 Å². The monoisotopic (exact) mass is 270 g/mol. The molecule has 0 aliphatic heterocycles. The lowest BCUT2D eigenvalue weighted by Crippen LogP contribution is -2.15. The molecule has 1 unspecified atom stereocenters.